The number of aryl methyl sites for hydroxylation is 1. The molecule has 0 heterocycles. The summed E-state index contributed by atoms with van der Waals surface area (Å²) in [6.45, 7) is 3.25. The number of nitrogens with one attached hydrogen (secondary N) is 1. The molecule has 1 unspecified atom stereocenters. The van der Waals surface area contributed by atoms with E-state index < -0.39 is 0 Å². The minimum Gasteiger partial charge on any atom is -0.395 e. The maximum absolute atomic E-state index is 9.08. The Morgan fingerprint density at radius 1 is 1.38 bits per heavy atom. The molecule has 0 radical (unpaired) electrons. The molecular weight excluding hydrogens is 200 g/mol. The van der Waals surface area contributed by atoms with E-state index in [0.29, 0.717) is 0 Å². The van der Waals surface area contributed by atoms with Gasteiger partial charge in [-0.1, -0.05) is 18.2 Å². The first kappa shape index (κ1) is 13.0. The SMILES string of the molecule is CNC(CO)CCN(C)c1ccccc1C. The maximum Gasteiger partial charge on any atom is 0.0585 e. The van der Waals surface area contributed by atoms with E-state index in [-0.39, 0.29) is 12.6 Å². The number of aliphatic hydroxyl groups excluding tert-OH is 1. The van der Waals surface area contributed by atoms with Crippen LogP contribution >= 0.6 is 0 Å². The molecule has 90 valence electrons. The number of aliphatic hydroxyl groups is 1. The molecule has 0 aliphatic carbocycles. The number of rotatable bonds is 6. The third-order valence-corrected chi connectivity index (χ3v) is 2.97. The lowest BCUT2D eigenvalue weighted by molar-refractivity contribution is 0.243. The molecule has 3 heteroatoms. The highest BCUT2D eigenvalue weighted by Gasteiger charge is 2.07. The minimum absolute atomic E-state index is 0.187. The largest absolute Gasteiger partial charge is 0.395 e. The molecule has 0 aliphatic rings. The number of para-hydroxylation sites is 1. The van der Waals surface area contributed by atoms with Gasteiger partial charge < -0.3 is 15.3 Å². The average molecular weight is 222 g/mol. The first-order chi connectivity index (χ1) is 7.69. The van der Waals surface area contributed by atoms with Gasteiger partial charge in [-0.3, -0.25) is 0 Å². The number of benzene rings is 1. The van der Waals surface area contributed by atoms with Gasteiger partial charge in [0.25, 0.3) is 0 Å². The van der Waals surface area contributed by atoms with Gasteiger partial charge >= 0.3 is 0 Å². The van der Waals surface area contributed by atoms with Gasteiger partial charge in [0, 0.05) is 25.3 Å². The number of likely N-dealkylation sites (N-methyl/N-ethyl adjacent to an activating group) is 1. The van der Waals surface area contributed by atoms with Crippen molar-refractivity contribution in [2.45, 2.75) is 19.4 Å². The summed E-state index contributed by atoms with van der Waals surface area (Å²) in [7, 11) is 3.97. The summed E-state index contributed by atoms with van der Waals surface area (Å²) in [4.78, 5) is 2.23. The van der Waals surface area contributed by atoms with Crippen molar-refractivity contribution in [1.29, 1.82) is 0 Å². The van der Waals surface area contributed by atoms with Gasteiger partial charge in [-0.2, -0.15) is 0 Å². The Balaban J connectivity index is 2.52. The lowest BCUT2D eigenvalue weighted by atomic mass is 10.1. The fourth-order valence-electron chi connectivity index (χ4n) is 1.79. The second kappa shape index (κ2) is 6.51. The molecule has 0 spiro atoms. The molecule has 0 saturated heterocycles. The van der Waals surface area contributed by atoms with E-state index in [1.807, 2.05) is 7.05 Å². The number of hydrogen-bond acceptors (Lipinski definition) is 3. The van der Waals surface area contributed by atoms with Gasteiger partial charge in [-0.05, 0) is 32.0 Å². The Hall–Kier alpha value is -1.06. The highest BCUT2D eigenvalue weighted by atomic mass is 16.3. The second-order valence-electron chi connectivity index (χ2n) is 4.16. The Morgan fingerprint density at radius 2 is 2.06 bits per heavy atom. The van der Waals surface area contributed by atoms with Crippen molar-refractivity contribution in [2.24, 2.45) is 0 Å². The van der Waals surface area contributed by atoms with Crippen LogP contribution in [0.3, 0.4) is 0 Å². The van der Waals surface area contributed by atoms with E-state index in [2.05, 4.69) is 48.5 Å². The molecule has 16 heavy (non-hydrogen) atoms. The van der Waals surface area contributed by atoms with E-state index in [0.717, 1.165) is 13.0 Å². The van der Waals surface area contributed by atoms with Crippen LogP contribution in [-0.4, -0.2) is 38.4 Å². The van der Waals surface area contributed by atoms with E-state index in [1.54, 1.807) is 0 Å². The highest BCUT2D eigenvalue weighted by Crippen LogP contribution is 2.17. The van der Waals surface area contributed by atoms with Crippen molar-refractivity contribution in [3.63, 3.8) is 0 Å². The summed E-state index contributed by atoms with van der Waals surface area (Å²) in [5.74, 6) is 0. The van der Waals surface area contributed by atoms with Crippen LogP contribution in [0.15, 0.2) is 24.3 Å². The summed E-state index contributed by atoms with van der Waals surface area (Å²) < 4.78 is 0. The molecule has 1 atom stereocenters. The lowest BCUT2D eigenvalue weighted by Gasteiger charge is -2.23. The van der Waals surface area contributed by atoms with Crippen molar-refractivity contribution in [2.75, 3.05) is 32.1 Å². The maximum atomic E-state index is 9.08. The fraction of sp³-hybridized carbons (Fsp3) is 0.538. The molecule has 2 N–H and O–H groups in total. The van der Waals surface area contributed by atoms with Crippen LogP contribution < -0.4 is 10.2 Å². The molecule has 0 amide bonds. The monoisotopic (exact) mass is 222 g/mol. The van der Waals surface area contributed by atoms with E-state index in [9.17, 15) is 0 Å². The Morgan fingerprint density at radius 3 is 2.62 bits per heavy atom. The number of hydrogen-bond donors (Lipinski definition) is 2. The molecule has 1 aromatic rings. The van der Waals surface area contributed by atoms with Crippen LogP contribution in [0.1, 0.15) is 12.0 Å². The topological polar surface area (TPSA) is 35.5 Å². The van der Waals surface area contributed by atoms with Gasteiger partial charge in [0.05, 0.1) is 6.61 Å². The Labute approximate surface area is 98.1 Å². The molecule has 0 saturated carbocycles. The van der Waals surface area contributed by atoms with Crippen LogP contribution in [0.4, 0.5) is 5.69 Å². The van der Waals surface area contributed by atoms with Crippen molar-refractivity contribution in [3.8, 4) is 0 Å². The summed E-state index contributed by atoms with van der Waals surface area (Å²) in [5.41, 5.74) is 2.55. The molecule has 0 aromatic heterocycles. The minimum atomic E-state index is 0.187. The number of nitrogens with zero attached hydrogens (tertiary/aromatic N) is 1. The quantitative estimate of drug-likeness (QED) is 0.764. The smallest absolute Gasteiger partial charge is 0.0585 e. The predicted molar refractivity (Wildman–Crippen MR) is 69.0 cm³/mol. The fourth-order valence-corrected chi connectivity index (χ4v) is 1.79. The summed E-state index contributed by atoms with van der Waals surface area (Å²) in [6.07, 6.45) is 0.942. The van der Waals surface area contributed by atoms with Crippen molar-refractivity contribution >= 4 is 5.69 Å². The molecule has 0 aliphatic heterocycles. The Bertz CT molecular complexity index is 311. The third-order valence-electron chi connectivity index (χ3n) is 2.97. The molecular formula is C13H22N2O. The van der Waals surface area contributed by atoms with E-state index >= 15 is 0 Å². The Kier molecular flexibility index (Phi) is 5.29. The van der Waals surface area contributed by atoms with Crippen molar-refractivity contribution < 1.29 is 5.11 Å². The van der Waals surface area contributed by atoms with Gasteiger partial charge in [-0.25, -0.2) is 0 Å². The zero-order valence-corrected chi connectivity index (χ0v) is 10.4. The van der Waals surface area contributed by atoms with E-state index in [1.165, 1.54) is 11.3 Å². The van der Waals surface area contributed by atoms with Crippen molar-refractivity contribution in [1.82, 2.24) is 5.32 Å². The highest BCUT2D eigenvalue weighted by molar-refractivity contribution is 5.52. The van der Waals surface area contributed by atoms with Crippen LogP contribution in [0.5, 0.6) is 0 Å². The van der Waals surface area contributed by atoms with Gasteiger partial charge in [0.15, 0.2) is 0 Å². The molecule has 1 rings (SSSR count). The average Bonchev–Trinajstić information content (AvgIpc) is 2.30. The summed E-state index contributed by atoms with van der Waals surface area (Å²) in [5, 5.41) is 12.2. The van der Waals surface area contributed by atoms with Crippen molar-refractivity contribution in [3.05, 3.63) is 29.8 Å². The summed E-state index contributed by atoms with van der Waals surface area (Å²) >= 11 is 0. The van der Waals surface area contributed by atoms with Crippen LogP contribution in [0.2, 0.25) is 0 Å². The molecule has 3 nitrogen and oxygen atoms in total. The van der Waals surface area contributed by atoms with Gasteiger partial charge in [-0.15, -0.1) is 0 Å². The lowest BCUT2D eigenvalue weighted by Crippen LogP contribution is -2.33. The zero-order chi connectivity index (χ0) is 12.0. The van der Waals surface area contributed by atoms with Crippen LogP contribution in [0.25, 0.3) is 0 Å². The standard InChI is InChI=1S/C13H22N2O/c1-11-6-4-5-7-13(11)15(3)9-8-12(10-16)14-2/h4-7,12,14,16H,8-10H2,1-3H3. The first-order valence-corrected chi connectivity index (χ1v) is 5.74. The molecule has 0 fully saturated rings. The summed E-state index contributed by atoms with van der Waals surface area (Å²) in [6, 6.07) is 8.54. The molecule has 1 aromatic carbocycles. The van der Waals surface area contributed by atoms with Gasteiger partial charge in [0.2, 0.25) is 0 Å². The third kappa shape index (κ3) is 3.51. The van der Waals surface area contributed by atoms with E-state index in [4.69, 9.17) is 5.11 Å². The molecule has 0 bridgehead atoms. The normalized spacial score (nSPS) is 12.5. The van der Waals surface area contributed by atoms with Crippen LogP contribution in [-0.2, 0) is 0 Å². The van der Waals surface area contributed by atoms with Gasteiger partial charge in [0.1, 0.15) is 0 Å². The van der Waals surface area contributed by atoms with Crippen LogP contribution in [0, 0.1) is 6.92 Å². The predicted octanol–water partition coefficient (Wildman–Crippen LogP) is 1.40. The number of anilines is 1. The zero-order valence-electron chi connectivity index (χ0n) is 10.4. The second-order valence-corrected chi connectivity index (χ2v) is 4.16. The first-order valence-electron chi connectivity index (χ1n) is 5.74.